The standard InChI is InChI=1S/C38H34O3/c1-3-4-5-6-7-22-39-28-14-12-27(13-15-28)38-24-34-32-17-16-31-29(30(32)19-21-36(34)41-38)18-20-35-33(31)23-37(40-35)26-10-8-25(2)9-11-26/h8-21,23-24H,3-7,22H2,1-2H3. The predicted molar refractivity (Wildman–Crippen MR) is 171 cm³/mol. The molecule has 41 heavy (non-hydrogen) atoms. The SMILES string of the molecule is CCCCCCCOc1ccc(-c2cc3c(ccc4c3ccc3c5cc(-c6ccc(C)cc6)oc5ccc34)o2)cc1. The molecule has 5 aromatic carbocycles. The highest BCUT2D eigenvalue weighted by molar-refractivity contribution is 6.21. The van der Waals surface area contributed by atoms with E-state index in [4.69, 9.17) is 13.6 Å². The summed E-state index contributed by atoms with van der Waals surface area (Å²) in [6.07, 6.45) is 6.20. The lowest BCUT2D eigenvalue weighted by atomic mass is 9.97. The number of hydrogen-bond acceptors (Lipinski definition) is 3. The van der Waals surface area contributed by atoms with E-state index in [0.717, 1.165) is 63.4 Å². The number of hydrogen-bond donors (Lipinski definition) is 0. The fraction of sp³-hybridized carbons (Fsp3) is 0.211. The second-order valence-electron chi connectivity index (χ2n) is 11.1. The molecule has 2 aromatic heterocycles. The molecule has 0 radical (unpaired) electrons. The molecule has 7 aromatic rings. The summed E-state index contributed by atoms with van der Waals surface area (Å²) >= 11 is 0. The second kappa shape index (κ2) is 10.8. The van der Waals surface area contributed by atoms with E-state index in [2.05, 4.69) is 98.8 Å². The quantitative estimate of drug-likeness (QED) is 0.135. The van der Waals surface area contributed by atoms with Gasteiger partial charge in [-0.2, -0.15) is 0 Å². The van der Waals surface area contributed by atoms with Gasteiger partial charge in [-0.05, 0) is 83.4 Å². The molecule has 0 N–H and O–H groups in total. The van der Waals surface area contributed by atoms with Gasteiger partial charge < -0.3 is 13.6 Å². The first kappa shape index (κ1) is 25.5. The van der Waals surface area contributed by atoms with Gasteiger partial charge in [-0.3, -0.25) is 0 Å². The van der Waals surface area contributed by atoms with Crippen molar-refractivity contribution in [2.75, 3.05) is 6.61 Å². The normalized spacial score (nSPS) is 11.8. The van der Waals surface area contributed by atoms with Crippen LogP contribution >= 0.6 is 0 Å². The summed E-state index contributed by atoms with van der Waals surface area (Å²) in [6.45, 7) is 5.11. The highest BCUT2D eigenvalue weighted by Crippen LogP contribution is 2.39. The van der Waals surface area contributed by atoms with Crippen molar-refractivity contribution in [3.63, 3.8) is 0 Å². The van der Waals surface area contributed by atoms with E-state index in [1.54, 1.807) is 0 Å². The van der Waals surface area contributed by atoms with E-state index in [9.17, 15) is 0 Å². The fourth-order valence-corrected chi connectivity index (χ4v) is 5.88. The molecule has 0 atom stereocenters. The lowest BCUT2D eigenvalue weighted by molar-refractivity contribution is 0.304. The zero-order valence-corrected chi connectivity index (χ0v) is 23.7. The highest BCUT2D eigenvalue weighted by Gasteiger charge is 2.14. The van der Waals surface area contributed by atoms with Gasteiger partial charge in [0.05, 0.1) is 6.61 Å². The van der Waals surface area contributed by atoms with Crippen LogP contribution in [-0.4, -0.2) is 6.61 Å². The summed E-state index contributed by atoms with van der Waals surface area (Å²) in [5, 5.41) is 7.07. The Balaban J connectivity index is 1.19. The second-order valence-corrected chi connectivity index (χ2v) is 11.1. The molecule has 0 saturated carbocycles. The Morgan fingerprint density at radius 3 is 1.56 bits per heavy atom. The molecule has 204 valence electrons. The third-order valence-corrected chi connectivity index (χ3v) is 8.18. The zero-order chi connectivity index (χ0) is 27.8. The minimum Gasteiger partial charge on any atom is -0.494 e. The molecule has 0 aliphatic carbocycles. The lowest BCUT2D eigenvalue weighted by Crippen LogP contribution is -1.97. The third-order valence-electron chi connectivity index (χ3n) is 8.18. The molecule has 0 aliphatic heterocycles. The van der Waals surface area contributed by atoms with Crippen LogP contribution in [0.25, 0.3) is 66.1 Å². The fourth-order valence-electron chi connectivity index (χ4n) is 5.88. The first-order valence-electron chi connectivity index (χ1n) is 14.8. The van der Waals surface area contributed by atoms with Crippen LogP contribution in [-0.2, 0) is 0 Å². The van der Waals surface area contributed by atoms with Crippen LogP contribution in [0.4, 0.5) is 0 Å². The summed E-state index contributed by atoms with van der Waals surface area (Å²) in [6, 6.07) is 34.0. The molecule has 2 heterocycles. The molecule has 0 amide bonds. The minimum atomic E-state index is 0.770. The molecule has 0 aliphatic rings. The van der Waals surface area contributed by atoms with Gasteiger partial charge in [-0.25, -0.2) is 0 Å². The number of rotatable bonds is 9. The summed E-state index contributed by atoms with van der Waals surface area (Å²) in [4.78, 5) is 0. The predicted octanol–water partition coefficient (Wildman–Crippen LogP) is 11.5. The Hall–Kier alpha value is -4.50. The molecule has 0 spiro atoms. The Kier molecular flexibility index (Phi) is 6.72. The topological polar surface area (TPSA) is 35.5 Å². The van der Waals surface area contributed by atoms with Gasteiger partial charge in [0.15, 0.2) is 0 Å². The maximum Gasteiger partial charge on any atom is 0.135 e. The van der Waals surface area contributed by atoms with Crippen LogP contribution in [0.2, 0.25) is 0 Å². The molecule has 3 heteroatoms. The first-order valence-corrected chi connectivity index (χ1v) is 14.8. The summed E-state index contributed by atoms with van der Waals surface area (Å²) in [5.41, 5.74) is 5.18. The molecule has 0 saturated heterocycles. The molecule has 7 rings (SSSR count). The number of ether oxygens (including phenoxy) is 1. The van der Waals surface area contributed by atoms with Crippen LogP contribution in [0, 0.1) is 6.92 Å². The van der Waals surface area contributed by atoms with Crippen molar-refractivity contribution < 1.29 is 13.6 Å². The van der Waals surface area contributed by atoms with Crippen molar-refractivity contribution in [2.24, 2.45) is 0 Å². The minimum absolute atomic E-state index is 0.770. The van der Waals surface area contributed by atoms with Gasteiger partial charge in [-0.1, -0.05) is 86.7 Å². The number of benzene rings is 5. The van der Waals surface area contributed by atoms with Crippen LogP contribution in [0.1, 0.15) is 44.6 Å². The van der Waals surface area contributed by atoms with E-state index >= 15 is 0 Å². The monoisotopic (exact) mass is 538 g/mol. The zero-order valence-electron chi connectivity index (χ0n) is 23.7. The van der Waals surface area contributed by atoms with Crippen molar-refractivity contribution in [1.29, 1.82) is 0 Å². The van der Waals surface area contributed by atoms with E-state index in [1.165, 1.54) is 52.8 Å². The van der Waals surface area contributed by atoms with Crippen molar-refractivity contribution in [2.45, 2.75) is 46.0 Å². The summed E-state index contributed by atoms with van der Waals surface area (Å²) < 4.78 is 18.5. The average molecular weight is 539 g/mol. The van der Waals surface area contributed by atoms with Crippen molar-refractivity contribution >= 4 is 43.5 Å². The molecule has 3 nitrogen and oxygen atoms in total. The Morgan fingerprint density at radius 2 is 1.00 bits per heavy atom. The summed E-state index contributed by atoms with van der Waals surface area (Å²) in [7, 11) is 0. The maximum absolute atomic E-state index is 6.33. The van der Waals surface area contributed by atoms with Crippen LogP contribution in [0.15, 0.2) is 106 Å². The van der Waals surface area contributed by atoms with Crippen LogP contribution < -0.4 is 4.74 Å². The largest absolute Gasteiger partial charge is 0.494 e. The Labute approximate surface area is 240 Å². The molecule has 0 fully saturated rings. The first-order chi connectivity index (χ1) is 20.2. The third kappa shape index (κ3) is 4.86. The Morgan fingerprint density at radius 1 is 0.512 bits per heavy atom. The summed E-state index contributed by atoms with van der Waals surface area (Å²) in [5.74, 6) is 2.67. The van der Waals surface area contributed by atoms with E-state index in [1.807, 2.05) is 12.1 Å². The van der Waals surface area contributed by atoms with E-state index in [0.29, 0.717) is 0 Å². The van der Waals surface area contributed by atoms with Gasteiger partial charge in [-0.15, -0.1) is 0 Å². The lowest BCUT2D eigenvalue weighted by Gasteiger charge is -2.06. The number of furan rings is 2. The van der Waals surface area contributed by atoms with E-state index in [-0.39, 0.29) is 0 Å². The molecule has 0 bridgehead atoms. The van der Waals surface area contributed by atoms with Crippen molar-refractivity contribution in [1.82, 2.24) is 0 Å². The Bertz CT molecular complexity index is 1970. The maximum atomic E-state index is 6.33. The number of unbranched alkanes of at least 4 members (excludes halogenated alkanes) is 4. The van der Waals surface area contributed by atoms with Gasteiger partial charge in [0, 0.05) is 21.9 Å². The van der Waals surface area contributed by atoms with Crippen molar-refractivity contribution in [3.8, 4) is 28.4 Å². The van der Waals surface area contributed by atoms with Gasteiger partial charge in [0.1, 0.15) is 28.4 Å². The average Bonchev–Trinajstić information content (AvgIpc) is 3.64. The van der Waals surface area contributed by atoms with Gasteiger partial charge >= 0.3 is 0 Å². The molecular formula is C38H34O3. The van der Waals surface area contributed by atoms with Gasteiger partial charge in [0.25, 0.3) is 0 Å². The molecular weight excluding hydrogens is 504 g/mol. The van der Waals surface area contributed by atoms with Crippen molar-refractivity contribution in [3.05, 3.63) is 103 Å². The van der Waals surface area contributed by atoms with Crippen LogP contribution in [0.5, 0.6) is 5.75 Å². The van der Waals surface area contributed by atoms with Crippen LogP contribution in [0.3, 0.4) is 0 Å². The number of fused-ring (bicyclic) bond motifs is 7. The molecule has 0 unspecified atom stereocenters. The smallest absolute Gasteiger partial charge is 0.135 e. The highest BCUT2D eigenvalue weighted by atomic mass is 16.5. The van der Waals surface area contributed by atoms with E-state index < -0.39 is 0 Å². The number of aryl methyl sites for hydroxylation is 1. The van der Waals surface area contributed by atoms with Gasteiger partial charge in [0.2, 0.25) is 0 Å².